The van der Waals surface area contributed by atoms with E-state index < -0.39 is 11.6 Å². The van der Waals surface area contributed by atoms with Crippen LogP contribution in [0.5, 0.6) is 11.6 Å². The zero-order valence-electron chi connectivity index (χ0n) is 11.4. The van der Waals surface area contributed by atoms with Crippen LogP contribution in [0.4, 0.5) is 14.6 Å². The van der Waals surface area contributed by atoms with E-state index in [-0.39, 0.29) is 17.5 Å². The number of ether oxygens (including phenoxy) is 1. The van der Waals surface area contributed by atoms with Gasteiger partial charge in [-0.1, -0.05) is 0 Å². The lowest BCUT2D eigenvalue weighted by Crippen LogP contribution is -2.13. The van der Waals surface area contributed by atoms with Gasteiger partial charge >= 0.3 is 0 Å². The van der Waals surface area contributed by atoms with Gasteiger partial charge in [0.15, 0.2) is 17.4 Å². The predicted molar refractivity (Wildman–Crippen MR) is 73.0 cm³/mol. The van der Waals surface area contributed by atoms with Crippen LogP contribution in [0.25, 0.3) is 0 Å². The topological polar surface area (TPSA) is 73.1 Å². The number of nitrogens with zero attached hydrogens (tertiary/aromatic N) is 2. The smallest absolute Gasteiger partial charge is 0.227 e. The van der Waals surface area contributed by atoms with Crippen LogP contribution < -0.4 is 16.0 Å². The maximum Gasteiger partial charge on any atom is 0.227 e. The van der Waals surface area contributed by atoms with Crippen LogP contribution in [0.2, 0.25) is 0 Å². The van der Waals surface area contributed by atoms with Crippen molar-refractivity contribution in [2.45, 2.75) is 25.7 Å². The van der Waals surface area contributed by atoms with E-state index in [4.69, 9.17) is 10.6 Å². The highest BCUT2D eigenvalue weighted by molar-refractivity contribution is 5.49. The molecule has 3 rings (SSSR count). The van der Waals surface area contributed by atoms with Gasteiger partial charge in [0, 0.05) is 12.0 Å². The summed E-state index contributed by atoms with van der Waals surface area (Å²) in [6.07, 6.45) is 2.02. The van der Waals surface area contributed by atoms with Crippen molar-refractivity contribution < 1.29 is 13.5 Å². The minimum absolute atomic E-state index is 0.0945. The fourth-order valence-corrected chi connectivity index (χ4v) is 1.94. The number of anilines is 1. The number of nitrogen functional groups attached to an aromatic ring is 1. The third kappa shape index (κ3) is 2.78. The maximum atomic E-state index is 13.7. The van der Waals surface area contributed by atoms with Crippen LogP contribution in [-0.4, -0.2) is 9.97 Å². The summed E-state index contributed by atoms with van der Waals surface area (Å²) < 4.78 is 32.1. The molecule has 1 heterocycles. The molecule has 21 heavy (non-hydrogen) atoms. The Hall–Kier alpha value is -2.28. The molecular weight excluding hydrogens is 278 g/mol. The molecule has 1 aliphatic carbocycles. The molecule has 0 bridgehead atoms. The van der Waals surface area contributed by atoms with Crippen LogP contribution >= 0.6 is 0 Å². The van der Waals surface area contributed by atoms with Crippen LogP contribution in [0.1, 0.15) is 30.1 Å². The lowest BCUT2D eigenvalue weighted by Gasteiger charge is -2.13. The summed E-state index contributed by atoms with van der Waals surface area (Å²) >= 11 is 0. The minimum atomic E-state index is -0.789. The van der Waals surface area contributed by atoms with Gasteiger partial charge in [-0.2, -0.15) is 4.98 Å². The summed E-state index contributed by atoms with van der Waals surface area (Å²) in [6, 6.07) is 3.10. The molecule has 1 aliphatic rings. The summed E-state index contributed by atoms with van der Waals surface area (Å²) in [5.74, 6) is 5.44. The first-order chi connectivity index (χ1) is 10.1. The molecule has 1 aromatic heterocycles. The number of nitrogens with one attached hydrogen (secondary N) is 1. The van der Waals surface area contributed by atoms with E-state index in [1.165, 1.54) is 6.07 Å². The second kappa shape index (κ2) is 5.25. The Morgan fingerprint density at radius 3 is 2.67 bits per heavy atom. The van der Waals surface area contributed by atoms with Gasteiger partial charge in [-0.25, -0.2) is 19.6 Å². The van der Waals surface area contributed by atoms with Gasteiger partial charge in [-0.05, 0) is 31.9 Å². The predicted octanol–water partition coefficient (Wildman–Crippen LogP) is 3.02. The van der Waals surface area contributed by atoms with Crippen molar-refractivity contribution in [2.24, 2.45) is 5.84 Å². The Morgan fingerprint density at radius 1 is 1.29 bits per heavy atom. The van der Waals surface area contributed by atoms with E-state index in [1.54, 1.807) is 6.92 Å². The van der Waals surface area contributed by atoms with Gasteiger partial charge in [0.05, 0.1) is 5.56 Å². The average Bonchev–Trinajstić information content (AvgIpc) is 3.28. The van der Waals surface area contributed by atoms with Gasteiger partial charge in [0.1, 0.15) is 11.6 Å². The molecular formula is C14H14F2N4O. The molecule has 3 N–H and O–H groups in total. The van der Waals surface area contributed by atoms with E-state index in [0.717, 1.165) is 25.0 Å². The van der Waals surface area contributed by atoms with E-state index >= 15 is 0 Å². The Labute approximate surface area is 120 Å². The van der Waals surface area contributed by atoms with Crippen LogP contribution in [0.15, 0.2) is 18.2 Å². The first kappa shape index (κ1) is 13.7. The second-order valence-electron chi connectivity index (χ2n) is 4.96. The molecule has 1 saturated carbocycles. The first-order valence-corrected chi connectivity index (χ1v) is 6.56. The number of rotatable bonds is 4. The zero-order chi connectivity index (χ0) is 15.0. The molecule has 0 unspecified atom stereocenters. The van der Waals surface area contributed by atoms with Crippen LogP contribution in [0.3, 0.4) is 0 Å². The normalized spacial score (nSPS) is 14.1. The molecule has 5 nitrogen and oxygen atoms in total. The largest absolute Gasteiger partial charge is 0.435 e. The van der Waals surface area contributed by atoms with Gasteiger partial charge in [-0.3, -0.25) is 0 Å². The number of benzene rings is 1. The molecule has 1 aromatic carbocycles. The van der Waals surface area contributed by atoms with Crippen molar-refractivity contribution in [1.82, 2.24) is 9.97 Å². The third-order valence-electron chi connectivity index (χ3n) is 3.30. The third-order valence-corrected chi connectivity index (χ3v) is 3.30. The van der Waals surface area contributed by atoms with Crippen molar-refractivity contribution >= 4 is 5.82 Å². The van der Waals surface area contributed by atoms with Gasteiger partial charge in [-0.15, -0.1) is 0 Å². The summed E-state index contributed by atoms with van der Waals surface area (Å²) in [5, 5.41) is 0. The Kier molecular flexibility index (Phi) is 3.42. The highest BCUT2D eigenvalue weighted by atomic mass is 19.1. The zero-order valence-corrected chi connectivity index (χ0v) is 11.4. The number of halogens is 2. The molecule has 0 amide bonds. The summed E-state index contributed by atoms with van der Waals surface area (Å²) in [4.78, 5) is 8.62. The van der Waals surface area contributed by atoms with Gasteiger partial charge in [0.2, 0.25) is 5.88 Å². The molecule has 0 aliphatic heterocycles. The van der Waals surface area contributed by atoms with E-state index in [1.807, 2.05) is 0 Å². The van der Waals surface area contributed by atoms with Crippen molar-refractivity contribution in [3.05, 3.63) is 41.2 Å². The molecule has 0 spiro atoms. The number of hydrogen-bond acceptors (Lipinski definition) is 5. The quantitative estimate of drug-likeness (QED) is 0.669. The number of hydrazine groups is 1. The molecule has 0 radical (unpaired) electrons. The molecule has 7 heteroatoms. The molecule has 110 valence electrons. The van der Waals surface area contributed by atoms with E-state index in [9.17, 15) is 8.78 Å². The monoisotopic (exact) mass is 292 g/mol. The average molecular weight is 292 g/mol. The fourth-order valence-electron chi connectivity index (χ4n) is 1.94. The summed E-state index contributed by atoms with van der Waals surface area (Å²) in [6.45, 7) is 1.71. The number of nitrogens with two attached hydrogens (primary N) is 1. The van der Waals surface area contributed by atoms with E-state index in [2.05, 4.69) is 15.4 Å². The highest BCUT2D eigenvalue weighted by Gasteiger charge is 2.28. The molecule has 0 atom stereocenters. The van der Waals surface area contributed by atoms with Crippen molar-refractivity contribution in [3.63, 3.8) is 0 Å². The summed E-state index contributed by atoms with van der Waals surface area (Å²) in [5.41, 5.74) is 3.04. The van der Waals surface area contributed by atoms with Crippen LogP contribution in [-0.2, 0) is 0 Å². The van der Waals surface area contributed by atoms with Crippen molar-refractivity contribution in [2.75, 3.05) is 5.43 Å². The Bertz CT molecular complexity index is 689. The number of aromatic nitrogens is 2. The van der Waals surface area contributed by atoms with Gasteiger partial charge < -0.3 is 10.2 Å². The maximum absolute atomic E-state index is 13.7. The summed E-state index contributed by atoms with van der Waals surface area (Å²) in [7, 11) is 0. The highest BCUT2D eigenvalue weighted by Crippen LogP contribution is 2.40. The lowest BCUT2D eigenvalue weighted by atomic mass is 10.3. The Balaban J connectivity index is 1.98. The molecule has 2 aromatic rings. The van der Waals surface area contributed by atoms with Crippen molar-refractivity contribution in [1.29, 1.82) is 0 Å². The lowest BCUT2D eigenvalue weighted by molar-refractivity contribution is 0.418. The van der Waals surface area contributed by atoms with E-state index in [0.29, 0.717) is 17.2 Å². The first-order valence-electron chi connectivity index (χ1n) is 6.56. The second-order valence-corrected chi connectivity index (χ2v) is 4.96. The van der Waals surface area contributed by atoms with Gasteiger partial charge in [0.25, 0.3) is 0 Å². The minimum Gasteiger partial charge on any atom is -0.435 e. The SMILES string of the molecule is Cc1c(NN)nc(C2CC2)nc1Oc1ccc(F)cc1F. The van der Waals surface area contributed by atoms with Crippen molar-refractivity contribution in [3.8, 4) is 11.6 Å². The standard InChI is InChI=1S/C14H14F2N4O/c1-7-12(20-17)18-13(8-2-3-8)19-14(7)21-11-5-4-9(15)6-10(11)16/h4-6,8H,2-3,17H2,1H3,(H,18,19,20). The van der Waals surface area contributed by atoms with Crippen LogP contribution in [0, 0.1) is 18.6 Å². The fraction of sp³-hybridized carbons (Fsp3) is 0.286. The molecule has 1 fully saturated rings. The molecule has 0 saturated heterocycles. The number of hydrogen-bond donors (Lipinski definition) is 2. The Morgan fingerprint density at radius 2 is 2.05 bits per heavy atom.